The Kier molecular flexibility index (Phi) is 5.19. The van der Waals surface area contributed by atoms with Gasteiger partial charge in [-0.15, -0.1) is 0 Å². The van der Waals surface area contributed by atoms with Gasteiger partial charge in [-0.3, -0.25) is 4.79 Å². The number of halogens is 1. The molecule has 1 saturated heterocycles. The van der Waals surface area contributed by atoms with E-state index in [1.54, 1.807) is 30.5 Å². The molecule has 25 heavy (non-hydrogen) atoms. The van der Waals surface area contributed by atoms with E-state index in [0.717, 1.165) is 25.9 Å². The molecule has 130 valence electrons. The van der Waals surface area contributed by atoms with Crippen molar-refractivity contribution in [1.82, 2.24) is 4.98 Å². The molecule has 0 unspecified atom stereocenters. The minimum Gasteiger partial charge on any atom is -0.465 e. The van der Waals surface area contributed by atoms with Crippen molar-refractivity contribution in [2.24, 2.45) is 0 Å². The first-order chi connectivity index (χ1) is 12.1. The number of aromatic nitrogens is 1. The number of methoxy groups -OCH3 is 1. The smallest absolute Gasteiger partial charge is 0.337 e. The second-order valence-electron chi connectivity index (χ2n) is 5.71. The molecule has 0 radical (unpaired) electrons. The van der Waals surface area contributed by atoms with Crippen LogP contribution in [0.15, 0.2) is 36.5 Å². The van der Waals surface area contributed by atoms with Crippen LogP contribution in [0.4, 0.5) is 11.5 Å². The van der Waals surface area contributed by atoms with Gasteiger partial charge in [0.05, 0.1) is 28.9 Å². The first kappa shape index (κ1) is 17.2. The normalized spacial score (nSPS) is 13.6. The number of rotatable bonds is 4. The number of amides is 1. The molecule has 1 amide bonds. The molecule has 3 rings (SSSR count). The van der Waals surface area contributed by atoms with Crippen molar-refractivity contribution >= 4 is 35.0 Å². The molecule has 0 aliphatic carbocycles. The van der Waals surface area contributed by atoms with Gasteiger partial charge in [-0.2, -0.15) is 0 Å². The number of carbonyl (C=O) groups excluding carboxylic acids is 2. The van der Waals surface area contributed by atoms with Gasteiger partial charge in [0.25, 0.3) is 5.91 Å². The lowest BCUT2D eigenvalue weighted by Gasteiger charge is -2.19. The molecule has 2 aromatic rings. The summed E-state index contributed by atoms with van der Waals surface area (Å²) in [5, 5.41) is 3.10. The first-order valence-electron chi connectivity index (χ1n) is 7.99. The van der Waals surface area contributed by atoms with Gasteiger partial charge in [0.15, 0.2) is 0 Å². The van der Waals surface area contributed by atoms with E-state index < -0.39 is 5.97 Å². The summed E-state index contributed by atoms with van der Waals surface area (Å²) in [5.74, 6) is -0.150. The molecule has 6 nitrogen and oxygen atoms in total. The van der Waals surface area contributed by atoms with Gasteiger partial charge < -0.3 is 15.0 Å². The van der Waals surface area contributed by atoms with Gasteiger partial charge in [-0.25, -0.2) is 9.78 Å². The Hall–Kier alpha value is -2.60. The zero-order valence-corrected chi connectivity index (χ0v) is 14.5. The van der Waals surface area contributed by atoms with E-state index in [2.05, 4.69) is 15.2 Å². The summed E-state index contributed by atoms with van der Waals surface area (Å²) < 4.78 is 4.70. The lowest BCUT2D eigenvalue weighted by atomic mass is 10.1. The third-order valence-corrected chi connectivity index (χ3v) is 4.40. The average molecular weight is 360 g/mol. The predicted molar refractivity (Wildman–Crippen MR) is 96.4 cm³/mol. The Labute approximate surface area is 150 Å². The van der Waals surface area contributed by atoms with Crippen LogP contribution in [0.5, 0.6) is 0 Å². The van der Waals surface area contributed by atoms with E-state index in [1.165, 1.54) is 13.2 Å². The zero-order valence-electron chi connectivity index (χ0n) is 13.8. The molecular formula is C18H18ClN3O3. The van der Waals surface area contributed by atoms with Crippen LogP contribution in [0, 0.1) is 0 Å². The van der Waals surface area contributed by atoms with Crippen LogP contribution in [-0.2, 0) is 4.74 Å². The lowest BCUT2D eigenvalue weighted by molar-refractivity contribution is 0.0600. The maximum absolute atomic E-state index is 12.7. The molecule has 1 aromatic heterocycles. The maximum Gasteiger partial charge on any atom is 0.337 e. The molecule has 1 aromatic carbocycles. The second kappa shape index (κ2) is 7.53. The van der Waals surface area contributed by atoms with Crippen molar-refractivity contribution in [1.29, 1.82) is 0 Å². The molecule has 1 N–H and O–H groups in total. The topological polar surface area (TPSA) is 71.5 Å². The number of hydrogen-bond donors (Lipinski definition) is 1. The zero-order chi connectivity index (χ0) is 17.8. The van der Waals surface area contributed by atoms with Crippen LogP contribution in [0.2, 0.25) is 5.02 Å². The van der Waals surface area contributed by atoms with Gasteiger partial charge in [0.1, 0.15) is 5.82 Å². The van der Waals surface area contributed by atoms with Crippen molar-refractivity contribution in [3.05, 3.63) is 52.7 Å². The summed E-state index contributed by atoms with van der Waals surface area (Å²) in [5.41, 5.74) is 1.14. The number of carbonyl (C=O) groups is 2. The Morgan fingerprint density at radius 1 is 1.24 bits per heavy atom. The summed E-state index contributed by atoms with van der Waals surface area (Å²) in [6.07, 6.45) is 3.85. The van der Waals surface area contributed by atoms with Crippen LogP contribution in [-0.4, -0.2) is 37.1 Å². The molecule has 2 heterocycles. The maximum atomic E-state index is 12.7. The van der Waals surface area contributed by atoms with Crippen LogP contribution in [0.25, 0.3) is 0 Å². The predicted octanol–water partition coefficient (Wildman–Crippen LogP) is 3.37. The van der Waals surface area contributed by atoms with E-state index in [1.807, 2.05) is 0 Å². The SMILES string of the molecule is COC(=O)c1ccc(Cl)c(NC(=O)c2cccnc2N2CCCC2)c1. The Morgan fingerprint density at radius 2 is 2.00 bits per heavy atom. The molecule has 0 bridgehead atoms. The van der Waals surface area contributed by atoms with Gasteiger partial charge in [-0.05, 0) is 43.2 Å². The van der Waals surface area contributed by atoms with Gasteiger partial charge in [0.2, 0.25) is 0 Å². The van der Waals surface area contributed by atoms with Crippen molar-refractivity contribution in [2.45, 2.75) is 12.8 Å². The average Bonchev–Trinajstić information content (AvgIpc) is 3.17. The monoisotopic (exact) mass is 359 g/mol. The van der Waals surface area contributed by atoms with Crippen molar-refractivity contribution in [3.8, 4) is 0 Å². The summed E-state index contributed by atoms with van der Waals surface area (Å²) in [6, 6.07) is 8.05. The third kappa shape index (κ3) is 3.74. The Morgan fingerprint density at radius 3 is 2.72 bits per heavy atom. The molecule has 0 spiro atoms. The first-order valence-corrected chi connectivity index (χ1v) is 8.37. The third-order valence-electron chi connectivity index (χ3n) is 4.07. The minimum atomic E-state index is -0.494. The standard InChI is InChI=1S/C18H18ClN3O3/c1-25-18(24)12-6-7-14(19)15(11-12)21-17(23)13-5-4-8-20-16(13)22-9-2-3-10-22/h4-8,11H,2-3,9-10H2,1H3,(H,21,23). The highest BCUT2D eigenvalue weighted by Crippen LogP contribution is 2.26. The minimum absolute atomic E-state index is 0.313. The van der Waals surface area contributed by atoms with E-state index in [-0.39, 0.29) is 5.91 Å². The molecule has 0 saturated carbocycles. The summed E-state index contributed by atoms with van der Waals surface area (Å²) >= 11 is 6.15. The van der Waals surface area contributed by atoms with Crippen LogP contribution >= 0.6 is 11.6 Å². The fourth-order valence-corrected chi connectivity index (χ4v) is 2.98. The number of hydrogen-bond acceptors (Lipinski definition) is 5. The molecule has 1 aliphatic heterocycles. The Bertz CT molecular complexity index is 804. The second-order valence-corrected chi connectivity index (χ2v) is 6.12. The quantitative estimate of drug-likeness (QED) is 0.847. The number of benzene rings is 1. The van der Waals surface area contributed by atoms with E-state index >= 15 is 0 Å². The van der Waals surface area contributed by atoms with E-state index in [9.17, 15) is 9.59 Å². The summed E-state index contributed by atoms with van der Waals surface area (Å²) in [4.78, 5) is 30.9. The lowest BCUT2D eigenvalue weighted by Crippen LogP contribution is -2.24. The number of pyridine rings is 1. The molecule has 0 atom stereocenters. The number of nitrogens with one attached hydrogen (secondary N) is 1. The largest absolute Gasteiger partial charge is 0.465 e. The molecule has 1 aliphatic rings. The molecular weight excluding hydrogens is 342 g/mol. The fraction of sp³-hybridized carbons (Fsp3) is 0.278. The fourth-order valence-electron chi connectivity index (χ4n) is 2.81. The van der Waals surface area contributed by atoms with E-state index in [4.69, 9.17) is 16.3 Å². The van der Waals surface area contributed by atoms with E-state index in [0.29, 0.717) is 27.7 Å². The summed E-state index contributed by atoms with van der Waals surface area (Å²) in [7, 11) is 1.30. The van der Waals surface area contributed by atoms with Crippen LogP contribution in [0.1, 0.15) is 33.6 Å². The summed E-state index contributed by atoms with van der Waals surface area (Å²) in [6.45, 7) is 1.77. The highest BCUT2D eigenvalue weighted by molar-refractivity contribution is 6.34. The van der Waals surface area contributed by atoms with Gasteiger partial charge in [0, 0.05) is 19.3 Å². The number of anilines is 2. The van der Waals surface area contributed by atoms with Gasteiger partial charge in [-0.1, -0.05) is 11.6 Å². The number of esters is 1. The van der Waals surface area contributed by atoms with Crippen LogP contribution < -0.4 is 10.2 Å². The molecule has 1 fully saturated rings. The molecule has 7 heteroatoms. The number of nitrogens with zero attached hydrogens (tertiary/aromatic N) is 2. The van der Waals surface area contributed by atoms with Gasteiger partial charge >= 0.3 is 5.97 Å². The number of ether oxygens (including phenoxy) is 1. The van der Waals surface area contributed by atoms with Crippen molar-refractivity contribution in [2.75, 3.05) is 30.4 Å². The van der Waals surface area contributed by atoms with Crippen LogP contribution in [0.3, 0.4) is 0 Å². The van der Waals surface area contributed by atoms with Crippen molar-refractivity contribution < 1.29 is 14.3 Å². The van der Waals surface area contributed by atoms with Crippen molar-refractivity contribution in [3.63, 3.8) is 0 Å². The highest BCUT2D eigenvalue weighted by atomic mass is 35.5. The highest BCUT2D eigenvalue weighted by Gasteiger charge is 2.21. The Balaban J connectivity index is 1.87.